The first-order valence-electron chi connectivity index (χ1n) is 4.45. The van der Waals surface area contributed by atoms with Crippen molar-refractivity contribution in [1.82, 2.24) is 0 Å². The summed E-state index contributed by atoms with van der Waals surface area (Å²) in [6.45, 7) is 0. The first kappa shape index (κ1) is 4.76. The van der Waals surface area contributed by atoms with Crippen LogP contribution in [-0.2, 0) is 0 Å². The van der Waals surface area contributed by atoms with Gasteiger partial charge in [-0.3, -0.25) is 0 Å². The van der Waals surface area contributed by atoms with Gasteiger partial charge < -0.3 is 0 Å². The van der Waals surface area contributed by atoms with Crippen LogP contribution in [0.25, 0.3) is 0 Å². The van der Waals surface area contributed by atoms with Gasteiger partial charge in [0.2, 0.25) is 0 Å². The van der Waals surface area contributed by atoms with Crippen molar-refractivity contribution in [3.8, 4) is 0 Å². The average molecular weight is 122 g/mol. The van der Waals surface area contributed by atoms with Crippen LogP contribution in [0.1, 0.15) is 32.1 Å². The molecule has 0 radical (unpaired) electrons. The summed E-state index contributed by atoms with van der Waals surface area (Å²) in [7, 11) is 0. The number of hydrogen-bond acceptors (Lipinski definition) is 0. The Morgan fingerprint density at radius 3 is 1.89 bits per heavy atom. The second-order valence-electron chi connectivity index (χ2n) is 4.25. The van der Waals surface area contributed by atoms with Crippen LogP contribution in [0.3, 0.4) is 0 Å². The molecule has 0 nitrogen and oxygen atoms in total. The van der Waals surface area contributed by atoms with Crippen LogP contribution in [0, 0.1) is 23.7 Å². The minimum absolute atomic E-state index is 1.21. The van der Waals surface area contributed by atoms with Gasteiger partial charge in [0, 0.05) is 0 Å². The van der Waals surface area contributed by atoms with Crippen LogP contribution in [0.2, 0.25) is 0 Å². The highest BCUT2D eigenvalue weighted by atomic mass is 14.6. The summed E-state index contributed by atoms with van der Waals surface area (Å²) in [6, 6.07) is 0. The van der Waals surface area contributed by atoms with E-state index in [1.807, 2.05) is 0 Å². The molecule has 50 valence electrons. The molecule has 0 heterocycles. The summed E-state index contributed by atoms with van der Waals surface area (Å²) >= 11 is 0. The third-order valence-electron chi connectivity index (χ3n) is 4.05. The molecule has 4 aliphatic rings. The molecule has 4 saturated carbocycles. The molecule has 0 saturated heterocycles. The fourth-order valence-corrected chi connectivity index (χ4v) is 3.60. The van der Waals surface area contributed by atoms with E-state index in [2.05, 4.69) is 0 Å². The maximum absolute atomic E-state index is 1.62. The smallest absolute Gasteiger partial charge is 0.0355 e. The van der Waals surface area contributed by atoms with Crippen molar-refractivity contribution in [1.29, 1.82) is 0 Å². The van der Waals surface area contributed by atoms with E-state index in [4.69, 9.17) is 0 Å². The van der Waals surface area contributed by atoms with E-state index < -0.39 is 0 Å². The van der Waals surface area contributed by atoms with Crippen LogP contribution in [-0.4, -0.2) is 0 Å². The van der Waals surface area contributed by atoms with Gasteiger partial charge in [0.25, 0.3) is 0 Å². The van der Waals surface area contributed by atoms with E-state index in [1.54, 1.807) is 32.1 Å². The second kappa shape index (κ2) is 1.36. The lowest BCUT2D eigenvalue weighted by Gasteiger charge is -2.26. The SMILES string of the molecule is C1C[C@@H]2C3CC(C3)[C@@H]2C1. The van der Waals surface area contributed by atoms with E-state index in [9.17, 15) is 0 Å². The Morgan fingerprint density at radius 1 is 0.778 bits per heavy atom. The summed E-state index contributed by atoms with van der Waals surface area (Å²) < 4.78 is 0. The van der Waals surface area contributed by atoms with Gasteiger partial charge >= 0.3 is 0 Å². The fourth-order valence-electron chi connectivity index (χ4n) is 3.60. The molecule has 0 aliphatic heterocycles. The zero-order valence-corrected chi connectivity index (χ0v) is 5.84. The van der Waals surface area contributed by atoms with E-state index in [1.165, 1.54) is 23.7 Å². The second-order valence-corrected chi connectivity index (χ2v) is 4.25. The standard InChI is InChI=1S/C9H14/c1-2-8-6-4-7(5-6)9(8)3-1/h6-9H,1-5H2/t6?,7?,8-,9+. The molecule has 0 aromatic heterocycles. The maximum atomic E-state index is 1.62. The average Bonchev–Trinajstić information content (AvgIpc) is 2.11. The molecule has 0 unspecified atom stereocenters. The third-order valence-corrected chi connectivity index (χ3v) is 4.05. The molecule has 4 rings (SSSR count). The monoisotopic (exact) mass is 122 g/mol. The summed E-state index contributed by atoms with van der Waals surface area (Å²) in [6.07, 6.45) is 7.98. The minimum Gasteiger partial charge on any atom is -0.0527 e. The minimum atomic E-state index is 1.21. The van der Waals surface area contributed by atoms with Crippen LogP contribution < -0.4 is 0 Å². The van der Waals surface area contributed by atoms with Gasteiger partial charge in [0.1, 0.15) is 0 Å². The Morgan fingerprint density at radius 2 is 1.33 bits per heavy atom. The molecule has 0 aromatic carbocycles. The van der Waals surface area contributed by atoms with Gasteiger partial charge in [-0.2, -0.15) is 0 Å². The fraction of sp³-hybridized carbons (Fsp3) is 1.00. The van der Waals surface area contributed by atoms with E-state index in [0.29, 0.717) is 0 Å². The van der Waals surface area contributed by atoms with E-state index >= 15 is 0 Å². The van der Waals surface area contributed by atoms with Gasteiger partial charge in [0.15, 0.2) is 0 Å². The molecule has 0 N–H and O–H groups in total. The third kappa shape index (κ3) is 0.426. The predicted octanol–water partition coefficient (Wildman–Crippen LogP) is 2.44. The van der Waals surface area contributed by atoms with Crippen molar-refractivity contribution < 1.29 is 0 Å². The Labute approximate surface area is 56.6 Å². The summed E-state index contributed by atoms with van der Waals surface area (Å²) in [5.74, 6) is 4.86. The molecule has 0 amide bonds. The van der Waals surface area contributed by atoms with Crippen molar-refractivity contribution >= 4 is 0 Å². The zero-order chi connectivity index (χ0) is 5.84. The summed E-state index contributed by atoms with van der Waals surface area (Å²) in [5, 5.41) is 0. The molecule has 4 fully saturated rings. The molecule has 0 spiro atoms. The van der Waals surface area contributed by atoms with Crippen molar-refractivity contribution in [3.05, 3.63) is 0 Å². The molecular formula is C9H14. The van der Waals surface area contributed by atoms with Crippen molar-refractivity contribution in [2.45, 2.75) is 32.1 Å². The van der Waals surface area contributed by atoms with Gasteiger partial charge in [-0.15, -0.1) is 0 Å². The Balaban J connectivity index is 1.94. The first-order valence-corrected chi connectivity index (χ1v) is 4.45. The van der Waals surface area contributed by atoms with Crippen LogP contribution in [0.15, 0.2) is 0 Å². The molecule has 0 aromatic rings. The highest BCUT2D eigenvalue weighted by molar-refractivity contribution is 5.02. The highest BCUT2D eigenvalue weighted by Gasteiger charge is 2.53. The lowest BCUT2D eigenvalue weighted by Crippen LogP contribution is -2.15. The number of hydrogen-bond donors (Lipinski definition) is 0. The Kier molecular flexibility index (Phi) is 0.717. The summed E-state index contributed by atoms with van der Waals surface area (Å²) in [5.41, 5.74) is 0. The Hall–Kier alpha value is 0. The maximum Gasteiger partial charge on any atom is -0.0355 e. The van der Waals surface area contributed by atoms with Crippen LogP contribution in [0.4, 0.5) is 0 Å². The molecule has 9 heavy (non-hydrogen) atoms. The molecule has 4 aliphatic carbocycles. The van der Waals surface area contributed by atoms with Gasteiger partial charge in [0.05, 0.1) is 0 Å². The van der Waals surface area contributed by atoms with Crippen LogP contribution in [0.5, 0.6) is 0 Å². The lowest BCUT2D eigenvalue weighted by atomic mass is 9.80. The molecule has 2 atom stereocenters. The molecule has 2 bridgehead atoms. The summed E-state index contributed by atoms with van der Waals surface area (Å²) in [4.78, 5) is 0. The Bertz CT molecular complexity index is 119. The number of rotatable bonds is 0. The van der Waals surface area contributed by atoms with Gasteiger partial charge in [-0.1, -0.05) is 6.42 Å². The topological polar surface area (TPSA) is 0 Å². The molecule has 0 heteroatoms. The van der Waals surface area contributed by atoms with Gasteiger partial charge in [-0.05, 0) is 49.4 Å². The van der Waals surface area contributed by atoms with Gasteiger partial charge in [-0.25, -0.2) is 0 Å². The lowest BCUT2D eigenvalue weighted by molar-refractivity contribution is 0.251. The van der Waals surface area contributed by atoms with Crippen LogP contribution >= 0.6 is 0 Å². The highest BCUT2D eigenvalue weighted by Crippen LogP contribution is 2.62. The zero-order valence-electron chi connectivity index (χ0n) is 5.84. The quantitative estimate of drug-likeness (QED) is 0.463. The van der Waals surface area contributed by atoms with Crippen molar-refractivity contribution in [3.63, 3.8) is 0 Å². The predicted molar refractivity (Wildman–Crippen MR) is 37.0 cm³/mol. The molecular weight excluding hydrogens is 108 g/mol. The van der Waals surface area contributed by atoms with E-state index in [0.717, 1.165) is 0 Å². The first-order chi connectivity index (χ1) is 4.45. The normalized spacial score (nSPS) is 61.3. The largest absolute Gasteiger partial charge is 0.0527 e. The van der Waals surface area contributed by atoms with Crippen molar-refractivity contribution in [2.75, 3.05) is 0 Å². The van der Waals surface area contributed by atoms with Crippen molar-refractivity contribution in [2.24, 2.45) is 23.7 Å². The van der Waals surface area contributed by atoms with E-state index in [-0.39, 0.29) is 0 Å².